The molecule has 0 aromatic heterocycles. The molecule has 0 aromatic carbocycles. The Balaban J connectivity index is -0.000000000833. The molecule has 6 heavy (non-hydrogen) atoms. The number of rotatable bonds is 0. The van der Waals surface area contributed by atoms with Gasteiger partial charge in [0.15, 0.2) is 0 Å². The van der Waals surface area contributed by atoms with Crippen molar-refractivity contribution in [3.63, 3.8) is 0 Å². The monoisotopic (exact) mass is 126 g/mol. The molecule has 0 aliphatic rings. The van der Waals surface area contributed by atoms with Crippen molar-refractivity contribution in [2.75, 3.05) is 0 Å². The molecule has 35 valence electrons. The topological polar surface area (TPSA) is 23.8 Å². The van der Waals surface area contributed by atoms with E-state index in [2.05, 4.69) is 0 Å². The van der Waals surface area contributed by atoms with E-state index in [4.69, 9.17) is 11.8 Å². The zero-order valence-corrected chi connectivity index (χ0v) is 5.19. The molecule has 0 heterocycles. The van der Waals surface area contributed by atoms with Gasteiger partial charge in [-0.25, -0.2) is 0 Å². The quantitative estimate of drug-likeness (QED) is 0.272. The van der Waals surface area contributed by atoms with Gasteiger partial charge in [-0.1, -0.05) is 0 Å². The summed E-state index contributed by atoms with van der Waals surface area (Å²) in [6.07, 6.45) is 0. The van der Waals surface area contributed by atoms with E-state index in [9.17, 15) is 0 Å². The Bertz CT molecular complexity index is 15.5. The molecule has 0 atom stereocenters. The van der Waals surface area contributed by atoms with Crippen LogP contribution in [0.5, 0.6) is 0 Å². The first kappa shape index (κ1) is 80.4. The molecule has 0 rings (SSSR count). The summed E-state index contributed by atoms with van der Waals surface area (Å²) in [5.74, 6) is 0. The van der Waals surface area contributed by atoms with Crippen molar-refractivity contribution in [1.82, 2.24) is 0 Å². The van der Waals surface area contributed by atoms with Crippen molar-refractivity contribution in [2.45, 2.75) is 0 Å². The average Bonchev–Trinajstić information content (AvgIpc) is 1.00. The molecule has 1 nitrogen and oxygen atoms in total. The number of hydrogen-bond acceptors (Lipinski definition) is 1. The molecule has 0 aliphatic heterocycles. The van der Waals surface area contributed by atoms with E-state index < -0.39 is 0 Å². The Morgan fingerprint density at radius 1 is 1.00 bits per heavy atom. The van der Waals surface area contributed by atoms with Crippen molar-refractivity contribution in [1.29, 1.82) is 5.26 Å². The molecule has 0 saturated carbocycles. The van der Waals surface area contributed by atoms with Gasteiger partial charge in [0.25, 0.3) is 0 Å². The van der Waals surface area contributed by atoms with E-state index in [0.29, 0.717) is 0 Å². The van der Waals surface area contributed by atoms with Gasteiger partial charge in [-0.3, -0.25) is 0 Å². The van der Waals surface area contributed by atoms with E-state index >= 15 is 0 Å². The Kier molecular flexibility index (Phi) is 4330. The second-order valence-electron chi connectivity index (χ2n) is 0. The third-order valence-electron chi connectivity index (χ3n) is 0. The van der Waals surface area contributed by atoms with Gasteiger partial charge in [0.1, 0.15) is 0 Å². The minimum atomic E-state index is 0. The summed E-state index contributed by atoms with van der Waals surface area (Å²) in [5, 5.41) is 6.25. The van der Waals surface area contributed by atoms with Crippen LogP contribution in [0.4, 0.5) is 0 Å². The summed E-state index contributed by atoms with van der Waals surface area (Å²) in [7, 11) is 0. The van der Waals surface area contributed by atoms with Crippen LogP contribution < -0.4 is 18.9 Å². The van der Waals surface area contributed by atoms with E-state index in [1.54, 1.807) is 0 Å². The Morgan fingerprint density at radius 3 is 1.00 bits per heavy atom. The molecular weight excluding hydrogens is 121 g/mol. The fraction of sp³-hybridized carbons (Fsp3) is 0. The van der Waals surface area contributed by atoms with Crippen LogP contribution in [0, 0.1) is 26.7 Å². The van der Waals surface area contributed by atoms with Crippen LogP contribution in [0.25, 0.3) is 0 Å². The van der Waals surface area contributed by atoms with Crippen LogP contribution in [-0.2, 0) is 17.1 Å². The van der Waals surface area contributed by atoms with Crippen LogP contribution in [0.2, 0.25) is 0 Å². The third-order valence-corrected chi connectivity index (χ3v) is 0. The molecule has 0 aromatic rings. The van der Waals surface area contributed by atoms with Crippen LogP contribution >= 0.6 is 0 Å². The molecule has 3 heteroatoms. The third kappa shape index (κ3) is 163. The molecular formula is C3H6CuLiN. The van der Waals surface area contributed by atoms with Crippen molar-refractivity contribution >= 4 is 0 Å². The second kappa shape index (κ2) is 323. The number of nitrogens with zero attached hydrogens (tertiary/aromatic N) is 1. The van der Waals surface area contributed by atoms with Gasteiger partial charge in [-0.2, -0.15) is 0 Å². The second-order valence-corrected chi connectivity index (χ2v) is 0. The normalized spacial score (nSPS) is 0.333. The van der Waals surface area contributed by atoms with E-state index in [0.717, 1.165) is 0 Å². The van der Waals surface area contributed by atoms with Crippen molar-refractivity contribution in [3.05, 3.63) is 21.4 Å². The van der Waals surface area contributed by atoms with Crippen molar-refractivity contribution < 1.29 is 35.9 Å². The van der Waals surface area contributed by atoms with Gasteiger partial charge < -0.3 is 26.7 Å². The summed E-state index contributed by atoms with van der Waals surface area (Å²) in [6.45, 7) is 4.75. The van der Waals surface area contributed by atoms with Gasteiger partial charge in [0.2, 0.25) is 0 Å². The fourth-order valence-corrected chi connectivity index (χ4v) is 0. The summed E-state index contributed by atoms with van der Waals surface area (Å²) < 4.78 is 0. The molecule has 0 saturated heterocycles. The molecule has 1 radical (unpaired) electrons. The summed E-state index contributed by atoms with van der Waals surface area (Å²) in [4.78, 5) is 0. The maximum absolute atomic E-state index is 6.25. The van der Waals surface area contributed by atoms with Crippen LogP contribution in [-0.4, -0.2) is 0 Å². The van der Waals surface area contributed by atoms with Crippen molar-refractivity contribution in [2.24, 2.45) is 0 Å². The van der Waals surface area contributed by atoms with Gasteiger partial charge in [0, 0.05) is 0 Å². The molecule has 0 N–H and O–H groups in total. The number of hydrogen-bond donors (Lipinski definition) is 0. The first-order valence-electron chi connectivity index (χ1n) is 0.224. The van der Waals surface area contributed by atoms with Crippen LogP contribution in [0.3, 0.4) is 0 Å². The SMILES string of the molecule is [C-]#N.[CH3-].[CH3-].[Cu+2].[Li+]. The smallest absolute Gasteiger partial charge is 0.512 e. The van der Waals surface area contributed by atoms with Gasteiger partial charge >= 0.3 is 35.9 Å². The average molecular weight is 127 g/mol. The Hall–Kier alpha value is 0.607. The maximum atomic E-state index is 6.25. The molecule has 0 spiro atoms. The van der Waals surface area contributed by atoms with Crippen LogP contribution in [0.15, 0.2) is 0 Å². The van der Waals surface area contributed by atoms with Crippen molar-refractivity contribution in [3.8, 4) is 0 Å². The summed E-state index contributed by atoms with van der Waals surface area (Å²) in [5.41, 5.74) is 0. The van der Waals surface area contributed by atoms with E-state index in [-0.39, 0.29) is 50.8 Å². The fourth-order valence-electron chi connectivity index (χ4n) is 0. The molecule has 0 amide bonds. The molecule has 0 aliphatic carbocycles. The predicted octanol–water partition coefficient (Wildman–Crippen LogP) is -2.00. The molecule has 0 bridgehead atoms. The standard InChI is InChI=1S/CN.2CH3.Cu.Li/c1-2;;;;/h;2*1H3;;/q3*-1;+2;+1. The van der Waals surface area contributed by atoms with Gasteiger partial charge in [-0.05, 0) is 0 Å². The molecule has 0 fully saturated rings. The molecule has 0 unspecified atom stereocenters. The summed E-state index contributed by atoms with van der Waals surface area (Å²) >= 11 is 0. The Labute approximate surface area is 62.8 Å². The zero-order valence-electron chi connectivity index (χ0n) is 4.25. The van der Waals surface area contributed by atoms with Gasteiger partial charge in [0.05, 0.1) is 0 Å². The zero-order chi connectivity index (χ0) is 2.00. The first-order valence-corrected chi connectivity index (χ1v) is 0.224. The first-order chi connectivity index (χ1) is 1.00. The Morgan fingerprint density at radius 2 is 1.00 bits per heavy atom. The summed E-state index contributed by atoms with van der Waals surface area (Å²) in [6, 6.07) is 0. The minimum Gasteiger partial charge on any atom is -0.512 e. The van der Waals surface area contributed by atoms with Crippen LogP contribution in [0.1, 0.15) is 0 Å². The maximum Gasteiger partial charge on any atom is 2.00 e. The van der Waals surface area contributed by atoms with E-state index in [1.165, 1.54) is 0 Å². The van der Waals surface area contributed by atoms with Gasteiger partial charge in [-0.15, -0.1) is 0 Å². The minimum absolute atomic E-state index is 0. The van der Waals surface area contributed by atoms with E-state index in [1.807, 2.05) is 0 Å². The predicted molar refractivity (Wildman–Crippen MR) is 17.8 cm³/mol. The largest absolute Gasteiger partial charge is 2.00 e.